The molecule has 1 saturated heterocycles. The van der Waals surface area contributed by atoms with Crippen LogP contribution in [0.1, 0.15) is 13.3 Å². The third-order valence-electron chi connectivity index (χ3n) is 3.54. The zero-order chi connectivity index (χ0) is 14.7. The van der Waals surface area contributed by atoms with E-state index in [1.54, 1.807) is 7.05 Å². The summed E-state index contributed by atoms with van der Waals surface area (Å²) in [5.74, 6) is 0.655. The fourth-order valence-corrected chi connectivity index (χ4v) is 2.62. The Labute approximate surface area is 118 Å². The van der Waals surface area contributed by atoms with Crippen molar-refractivity contribution in [1.82, 2.24) is 14.9 Å². The third-order valence-corrected chi connectivity index (χ3v) is 3.54. The molecule has 0 spiro atoms. The molecule has 0 radical (unpaired) electrons. The SMILES string of the molecule is CNc1ncnc(N2CCCN(C)CC2C)c1[N+](=O)[O-]. The Morgan fingerprint density at radius 1 is 1.45 bits per heavy atom. The van der Waals surface area contributed by atoms with E-state index in [1.165, 1.54) is 6.33 Å². The molecule has 0 saturated carbocycles. The van der Waals surface area contributed by atoms with Crippen LogP contribution in [0.5, 0.6) is 0 Å². The van der Waals surface area contributed by atoms with Crippen LogP contribution in [-0.4, -0.2) is 59.6 Å². The summed E-state index contributed by atoms with van der Waals surface area (Å²) in [7, 11) is 3.69. The van der Waals surface area contributed by atoms with E-state index in [0.29, 0.717) is 5.82 Å². The van der Waals surface area contributed by atoms with Gasteiger partial charge in [0.25, 0.3) is 0 Å². The van der Waals surface area contributed by atoms with Gasteiger partial charge in [-0.25, -0.2) is 9.97 Å². The molecule has 0 bridgehead atoms. The van der Waals surface area contributed by atoms with Gasteiger partial charge in [0.05, 0.1) is 4.92 Å². The lowest BCUT2D eigenvalue weighted by atomic mass is 10.2. The summed E-state index contributed by atoms with van der Waals surface area (Å²) in [5.41, 5.74) is -0.0496. The number of nitrogens with one attached hydrogen (secondary N) is 1. The molecule has 1 aliphatic rings. The molecule has 8 heteroatoms. The highest BCUT2D eigenvalue weighted by atomic mass is 16.6. The number of anilines is 2. The second-order valence-corrected chi connectivity index (χ2v) is 5.06. The Balaban J connectivity index is 2.43. The van der Waals surface area contributed by atoms with Crippen molar-refractivity contribution in [3.8, 4) is 0 Å². The third kappa shape index (κ3) is 2.79. The Morgan fingerprint density at radius 3 is 2.85 bits per heavy atom. The first kappa shape index (κ1) is 14.4. The molecule has 8 nitrogen and oxygen atoms in total. The van der Waals surface area contributed by atoms with Crippen molar-refractivity contribution in [2.45, 2.75) is 19.4 Å². The first-order valence-electron chi connectivity index (χ1n) is 6.67. The van der Waals surface area contributed by atoms with Crippen molar-refractivity contribution < 1.29 is 4.92 Å². The van der Waals surface area contributed by atoms with Crippen molar-refractivity contribution in [3.63, 3.8) is 0 Å². The van der Waals surface area contributed by atoms with Crippen molar-refractivity contribution in [2.24, 2.45) is 0 Å². The molecule has 20 heavy (non-hydrogen) atoms. The van der Waals surface area contributed by atoms with E-state index in [2.05, 4.69) is 34.2 Å². The standard InChI is InChI=1S/C12H20N6O2/c1-9-7-16(3)5-4-6-17(9)12-10(18(19)20)11(13-2)14-8-15-12/h8-9H,4-7H2,1-3H3,(H,13,14,15). The van der Waals surface area contributed by atoms with Crippen LogP contribution in [-0.2, 0) is 0 Å². The van der Waals surface area contributed by atoms with Gasteiger partial charge in [-0.15, -0.1) is 0 Å². The first-order valence-corrected chi connectivity index (χ1v) is 6.67. The molecule has 1 atom stereocenters. The van der Waals surface area contributed by atoms with Crippen molar-refractivity contribution in [3.05, 3.63) is 16.4 Å². The van der Waals surface area contributed by atoms with E-state index in [1.807, 2.05) is 4.90 Å². The Hall–Kier alpha value is -1.96. The van der Waals surface area contributed by atoms with Gasteiger partial charge < -0.3 is 15.1 Å². The second-order valence-electron chi connectivity index (χ2n) is 5.06. The summed E-state index contributed by atoms with van der Waals surface area (Å²) >= 11 is 0. The molecule has 1 aromatic heterocycles. The van der Waals surface area contributed by atoms with Crippen LogP contribution in [0, 0.1) is 10.1 Å². The summed E-state index contributed by atoms with van der Waals surface area (Å²) in [6.07, 6.45) is 2.33. The average Bonchev–Trinajstić information content (AvgIpc) is 2.58. The molecule has 1 fully saturated rings. The predicted molar refractivity (Wildman–Crippen MR) is 77.2 cm³/mol. The van der Waals surface area contributed by atoms with Gasteiger partial charge in [-0.1, -0.05) is 0 Å². The van der Waals surface area contributed by atoms with Gasteiger partial charge in [0, 0.05) is 26.2 Å². The van der Waals surface area contributed by atoms with Crippen LogP contribution in [0.25, 0.3) is 0 Å². The maximum absolute atomic E-state index is 11.3. The highest BCUT2D eigenvalue weighted by molar-refractivity contribution is 5.70. The van der Waals surface area contributed by atoms with E-state index in [0.717, 1.165) is 26.1 Å². The Kier molecular flexibility index (Phi) is 4.33. The van der Waals surface area contributed by atoms with Crippen LogP contribution in [0.15, 0.2) is 6.33 Å². The summed E-state index contributed by atoms with van der Waals surface area (Å²) in [4.78, 5) is 23.3. The molecule has 1 aromatic rings. The largest absolute Gasteiger partial charge is 0.367 e. The lowest BCUT2D eigenvalue weighted by Gasteiger charge is -2.28. The van der Waals surface area contributed by atoms with E-state index >= 15 is 0 Å². The fourth-order valence-electron chi connectivity index (χ4n) is 2.62. The van der Waals surface area contributed by atoms with Gasteiger partial charge in [-0.2, -0.15) is 0 Å². The fraction of sp³-hybridized carbons (Fsp3) is 0.667. The summed E-state index contributed by atoms with van der Waals surface area (Å²) in [6.45, 7) is 4.66. The number of likely N-dealkylation sites (N-methyl/N-ethyl adjacent to an activating group) is 1. The first-order chi connectivity index (χ1) is 9.54. The smallest absolute Gasteiger partial charge is 0.353 e. The van der Waals surface area contributed by atoms with E-state index in [4.69, 9.17) is 0 Å². The minimum absolute atomic E-state index is 0.0496. The Morgan fingerprint density at radius 2 is 2.20 bits per heavy atom. The van der Waals surface area contributed by atoms with Gasteiger partial charge in [0.15, 0.2) is 0 Å². The van der Waals surface area contributed by atoms with Crippen molar-refractivity contribution >= 4 is 17.3 Å². The van der Waals surface area contributed by atoms with Gasteiger partial charge in [-0.05, 0) is 26.9 Å². The van der Waals surface area contributed by atoms with Gasteiger partial charge in [0.2, 0.25) is 11.6 Å². The van der Waals surface area contributed by atoms with E-state index in [9.17, 15) is 10.1 Å². The molecule has 1 aliphatic heterocycles. The van der Waals surface area contributed by atoms with Crippen molar-refractivity contribution in [1.29, 1.82) is 0 Å². The minimum Gasteiger partial charge on any atom is -0.367 e. The van der Waals surface area contributed by atoms with Crippen LogP contribution in [0.3, 0.4) is 0 Å². The van der Waals surface area contributed by atoms with Gasteiger partial charge in [0.1, 0.15) is 6.33 Å². The molecule has 1 N–H and O–H groups in total. The molecule has 2 rings (SSSR count). The summed E-state index contributed by atoms with van der Waals surface area (Å²) in [5, 5.41) is 14.1. The topological polar surface area (TPSA) is 87.4 Å². The van der Waals surface area contributed by atoms with Crippen LogP contribution >= 0.6 is 0 Å². The Bertz CT molecular complexity index is 495. The van der Waals surface area contributed by atoms with Gasteiger partial charge >= 0.3 is 5.69 Å². The number of nitro groups is 1. The van der Waals surface area contributed by atoms with Crippen LogP contribution in [0.2, 0.25) is 0 Å². The highest BCUT2D eigenvalue weighted by Gasteiger charge is 2.30. The second kappa shape index (κ2) is 6.00. The normalized spacial score (nSPS) is 20.6. The minimum atomic E-state index is -0.414. The van der Waals surface area contributed by atoms with Crippen molar-refractivity contribution in [2.75, 3.05) is 43.9 Å². The van der Waals surface area contributed by atoms with Crippen LogP contribution in [0.4, 0.5) is 17.3 Å². The average molecular weight is 280 g/mol. The molecule has 110 valence electrons. The molecule has 0 aliphatic carbocycles. The number of rotatable bonds is 3. The highest BCUT2D eigenvalue weighted by Crippen LogP contribution is 2.33. The lowest BCUT2D eigenvalue weighted by Crippen LogP contribution is -2.38. The number of hydrogen-bond acceptors (Lipinski definition) is 7. The molecule has 0 aromatic carbocycles. The molecule has 2 heterocycles. The molecule has 1 unspecified atom stereocenters. The number of aromatic nitrogens is 2. The molecular formula is C12H20N6O2. The number of nitrogens with zero attached hydrogens (tertiary/aromatic N) is 5. The van der Waals surface area contributed by atoms with Crippen LogP contribution < -0.4 is 10.2 Å². The summed E-state index contributed by atoms with van der Waals surface area (Å²) < 4.78 is 0. The van der Waals surface area contributed by atoms with E-state index in [-0.39, 0.29) is 17.5 Å². The maximum Gasteiger partial charge on any atom is 0.353 e. The lowest BCUT2D eigenvalue weighted by molar-refractivity contribution is -0.383. The van der Waals surface area contributed by atoms with E-state index < -0.39 is 4.92 Å². The molecule has 0 amide bonds. The number of hydrogen-bond donors (Lipinski definition) is 1. The zero-order valence-electron chi connectivity index (χ0n) is 12.0. The van der Waals surface area contributed by atoms with Gasteiger partial charge in [-0.3, -0.25) is 10.1 Å². The summed E-state index contributed by atoms with van der Waals surface area (Å²) in [6, 6.07) is 0.167. The monoisotopic (exact) mass is 280 g/mol. The zero-order valence-corrected chi connectivity index (χ0v) is 12.0. The predicted octanol–water partition coefficient (Wildman–Crippen LogP) is 0.957. The quantitative estimate of drug-likeness (QED) is 0.651. The maximum atomic E-state index is 11.3. The molecular weight excluding hydrogens is 260 g/mol.